The number of morpholine rings is 1. The second kappa shape index (κ2) is 10.1. The third-order valence-corrected chi connectivity index (χ3v) is 7.77. The lowest BCUT2D eigenvalue weighted by Crippen LogP contribution is -2.54. The first kappa shape index (κ1) is 21.6. The molecule has 5 heterocycles. The molecule has 9 heteroatoms. The Balaban J connectivity index is 1.13. The number of hydrogen-bond acceptors (Lipinski definition) is 9. The van der Waals surface area contributed by atoms with Gasteiger partial charge in [-0.2, -0.15) is 5.26 Å². The van der Waals surface area contributed by atoms with Crippen LogP contribution in [0.15, 0.2) is 36.7 Å². The fourth-order valence-electron chi connectivity index (χ4n) is 5.85. The van der Waals surface area contributed by atoms with Crippen LogP contribution in [0.25, 0.3) is 11.0 Å². The minimum atomic E-state index is -0.222. The first-order chi connectivity index (χ1) is 18.9. The summed E-state index contributed by atoms with van der Waals surface area (Å²) >= 11 is 0. The monoisotopic (exact) mass is 500 g/mol. The van der Waals surface area contributed by atoms with Crippen molar-refractivity contribution in [3.8, 4) is 6.07 Å². The van der Waals surface area contributed by atoms with E-state index >= 15 is 0 Å². The summed E-state index contributed by atoms with van der Waals surface area (Å²) in [7, 11) is 0. The third kappa shape index (κ3) is 4.79. The number of nitriles is 1. The molecular weight excluding hydrogens is 464 g/mol. The van der Waals surface area contributed by atoms with Gasteiger partial charge in [-0.05, 0) is 31.5 Å². The Kier molecular flexibility index (Phi) is 5.90. The quantitative estimate of drug-likeness (QED) is 0.579. The zero-order valence-corrected chi connectivity index (χ0v) is 21.4. The summed E-state index contributed by atoms with van der Waals surface area (Å²) in [5.41, 5.74) is 5.61. The zero-order valence-electron chi connectivity index (χ0n) is 23.4. The molecule has 9 nitrogen and oxygen atoms in total. The Labute approximate surface area is 220 Å². The highest BCUT2D eigenvalue weighted by molar-refractivity contribution is 5.92. The standard InChI is InChI=1S/C28H34N8O/c1-19-5-6-30-24-13-22(15-33-26(19)24)35-11-9-34(10-12-35)17-23-18-36(16-20(2)37-23)25-4-3-21(14-29)27-28(25)32-8-7-31-27/h3-4,7-8,13,15,19-20,23,30H,5-6,9-12,16-18H2,1-2H3/t19-,20?,23?/m0/s1/i7D,8D. The maximum absolute atomic E-state index is 9.54. The average Bonchev–Trinajstić information content (AvgIpc) is 2.93. The van der Waals surface area contributed by atoms with Crippen molar-refractivity contribution in [2.24, 2.45) is 0 Å². The van der Waals surface area contributed by atoms with Crippen LogP contribution in [0.5, 0.6) is 0 Å². The molecule has 2 saturated heterocycles. The van der Waals surface area contributed by atoms with Gasteiger partial charge in [-0.15, -0.1) is 0 Å². The molecule has 0 radical (unpaired) electrons. The Bertz CT molecular complexity index is 1420. The lowest BCUT2D eigenvalue weighted by molar-refractivity contribution is -0.0327. The van der Waals surface area contributed by atoms with Gasteiger partial charge < -0.3 is 19.9 Å². The molecule has 2 unspecified atom stereocenters. The van der Waals surface area contributed by atoms with Crippen LogP contribution in [-0.4, -0.2) is 84.4 Å². The fraction of sp³-hybridized carbons (Fsp3) is 0.500. The number of rotatable bonds is 4. The Morgan fingerprint density at radius 2 is 1.89 bits per heavy atom. The van der Waals surface area contributed by atoms with Gasteiger partial charge >= 0.3 is 0 Å². The van der Waals surface area contributed by atoms with E-state index in [1.807, 2.05) is 12.3 Å². The highest BCUT2D eigenvalue weighted by atomic mass is 16.5. The van der Waals surface area contributed by atoms with Gasteiger partial charge in [0, 0.05) is 70.6 Å². The van der Waals surface area contributed by atoms with Gasteiger partial charge in [-0.3, -0.25) is 19.9 Å². The lowest BCUT2D eigenvalue weighted by atomic mass is 9.98. The van der Waals surface area contributed by atoms with Crippen molar-refractivity contribution in [1.29, 1.82) is 5.26 Å². The molecule has 37 heavy (non-hydrogen) atoms. The molecule has 3 aliphatic rings. The molecule has 6 rings (SSSR count). The van der Waals surface area contributed by atoms with E-state index in [2.05, 4.69) is 56.0 Å². The number of ether oxygens (including phenoxy) is 1. The Hall–Kier alpha value is -3.48. The second-order valence-electron chi connectivity index (χ2n) is 10.4. The molecule has 1 N–H and O–H groups in total. The third-order valence-electron chi connectivity index (χ3n) is 7.77. The number of hydrogen-bond donors (Lipinski definition) is 1. The summed E-state index contributed by atoms with van der Waals surface area (Å²) < 4.78 is 22.3. The van der Waals surface area contributed by atoms with Crippen LogP contribution >= 0.6 is 0 Å². The zero-order chi connectivity index (χ0) is 27.1. The van der Waals surface area contributed by atoms with Crippen LogP contribution in [0.4, 0.5) is 17.1 Å². The number of aromatic nitrogens is 3. The highest BCUT2D eigenvalue weighted by Crippen LogP contribution is 2.33. The second-order valence-corrected chi connectivity index (χ2v) is 10.4. The van der Waals surface area contributed by atoms with Crippen molar-refractivity contribution in [3.05, 3.63) is 48.0 Å². The predicted octanol–water partition coefficient (Wildman–Crippen LogP) is 3.23. The Morgan fingerprint density at radius 1 is 1.08 bits per heavy atom. The molecule has 0 aliphatic carbocycles. The number of nitrogens with one attached hydrogen (secondary N) is 1. The van der Waals surface area contributed by atoms with Gasteiger partial charge in [-0.25, -0.2) is 0 Å². The SMILES string of the molecule is [2H]c1nc2c(C#N)ccc(N3CC(C)OC(CN4CCN(c5cnc6c(c5)NCC[C@@H]6C)CC4)C3)c2nc1[2H]. The number of fused-ring (bicyclic) bond motifs is 2. The molecule has 3 atom stereocenters. The van der Waals surface area contributed by atoms with E-state index in [4.69, 9.17) is 12.5 Å². The van der Waals surface area contributed by atoms with Crippen molar-refractivity contribution >= 4 is 28.1 Å². The molecule has 2 fully saturated rings. The van der Waals surface area contributed by atoms with E-state index in [-0.39, 0.29) is 24.6 Å². The number of pyridine rings is 1. The van der Waals surface area contributed by atoms with Gasteiger partial charge in [0.1, 0.15) is 17.1 Å². The molecule has 0 saturated carbocycles. The molecular formula is C28H34N8O. The summed E-state index contributed by atoms with van der Waals surface area (Å²) in [6.07, 6.45) is 2.78. The number of piperazine rings is 1. The van der Waals surface area contributed by atoms with Crippen LogP contribution in [0.3, 0.4) is 0 Å². The summed E-state index contributed by atoms with van der Waals surface area (Å²) in [5, 5.41) is 13.1. The van der Waals surface area contributed by atoms with Crippen LogP contribution < -0.4 is 15.1 Å². The van der Waals surface area contributed by atoms with Crippen molar-refractivity contribution in [3.63, 3.8) is 0 Å². The lowest BCUT2D eigenvalue weighted by Gasteiger charge is -2.42. The topological polar surface area (TPSA) is 93.4 Å². The Morgan fingerprint density at radius 3 is 2.70 bits per heavy atom. The molecule has 1 aromatic carbocycles. The first-order valence-corrected chi connectivity index (χ1v) is 13.2. The fourth-order valence-corrected chi connectivity index (χ4v) is 5.85. The molecule has 2 aromatic heterocycles. The summed E-state index contributed by atoms with van der Waals surface area (Å²) in [5.74, 6) is 0.503. The van der Waals surface area contributed by atoms with Crippen molar-refractivity contribution in [2.75, 3.05) is 67.5 Å². The predicted molar refractivity (Wildman–Crippen MR) is 145 cm³/mol. The number of anilines is 3. The highest BCUT2D eigenvalue weighted by Gasteiger charge is 2.30. The van der Waals surface area contributed by atoms with E-state index in [0.717, 1.165) is 51.4 Å². The number of benzene rings is 1. The molecule has 3 aromatic rings. The average molecular weight is 501 g/mol. The van der Waals surface area contributed by atoms with Gasteiger partial charge in [0.05, 0.1) is 49.5 Å². The van der Waals surface area contributed by atoms with Crippen molar-refractivity contribution < 1.29 is 7.48 Å². The molecule has 0 amide bonds. The van der Waals surface area contributed by atoms with E-state index in [1.54, 1.807) is 6.07 Å². The minimum Gasteiger partial charge on any atom is -0.383 e. The van der Waals surface area contributed by atoms with Crippen molar-refractivity contribution in [2.45, 2.75) is 38.4 Å². The van der Waals surface area contributed by atoms with Crippen LogP contribution in [0, 0.1) is 11.3 Å². The van der Waals surface area contributed by atoms with Gasteiger partial charge in [0.2, 0.25) is 0 Å². The minimum absolute atomic E-state index is 0.0148. The maximum Gasteiger partial charge on any atom is 0.113 e. The summed E-state index contributed by atoms with van der Waals surface area (Å²) in [6.45, 7) is 11.3. The normalized spacial score (nSPS) is 25.2. The molecule has 3 aliphatic heterocycles. The maximum atomic E-state index is 9.54. The van der Waals surface area contributed by atoms with E-state index in [0.29, 0.717) is 35.6 Å². The van der Waals surface area contributed by atoms with Gasteiger partial charge in [0.15, 0.2) is 0 Å². The smallest absolute Gasteiger partial charge is 0.113 e. The molecule has 0 spiro atoms. The van der Waals surface area contributed by atoms with E-state index in [1.165, 1.54) is 17.1 Å². The van der Waals surface area contributed by atoms with E-state index < -0.39 is 0 Å². The largest absolute Gasteiger partial charge is 0.383 e. The number of nitrogens with zero attached hydrogens (tertiary/aromatic N) is 7. The van der Waals surface area contributed by atoms with Gasteiger partial charge in [-0.1, -0.05) is 6.92 Å². The first-order valence-electron chi connectivity index (χ1n) is 14.2. The van der Waals surface area contributed by atoms with Crippen LogP contribution in [-0.2, 0) is 4.74 Å². The summed E-state index contributed by atoms with van der Waals surface area (Å²) in [6, 6.07) is 8.02. The molecule has 192 valence electrons. The van der Waals surface area contributed by atoms with Crippen LogP contribution in [0.2, 0.25) is 0 Å². The van der Waals surface area contributed by atoms with Crippen LogP contribution in [0.1, 0.15) is 40.2 Å². The summed E-state index contributed by atoms with van der Waals surface area (Å²) in [4.78, 5) is 20.5. The molecule has 0 bridgehead atoms. The van der Waals surface area contributed by atoms with E-state index in [9.17, 15) is 5.26 Å². The van der Waals surface area contributed by atoms with Crippen molar-refractivity contribution in [1.82, 2.24) is 19.9 Å². The van der Waals surface area contributed by atoms with Gasteiger partial charge in [0.25, 0.3) is 0 Å².